The Bertz CT molecular complexity index is 787. The van der Waals surface area contributed by atoms with Crippen LogP contribution in [0.4, 0.5) is 4.39 Å². The minimum absolute atomic E-state index is 0. The molecule has 9 heteroatoms. The number of nitrogens with one attached hydrogen (secondary N) is 2. The van der Waals surface area contributed by atoms with E-state index in [1.54, 1.807) is 18.7 Å². The van der Waals surface area contributed by atoms with Gasteiger partial charge in [0.1, 0.15) is 16.8 Å². The first-order valence-corrected chi connectivity index (χ1v) is 11.0. The molecule has 0 aromatic heterocycles. The fourth-order valence-corrected chi connectivity index (χ4v) is 5.40. The zero-order chi connectivity index (χ0) is 19.7. The molecule has 1 amide bonds. The molecule has 1 aromatic rings. The van der Waals surface area contributed by atoms with Crippen LogP contribution in [0.5, 0.6) is 0 Å². The molecular formula is C19H29ClFN3O3S. The number of piperidine rings is 1. The summed E-state index contributed by atoms with van der Waals surface area (Å²) < 4.78 is 41.6. The number of sulfonamides is 1. The summed E-state index contributed by atoms with van der Waals surface area (Å²) in [6.45, 7) is 6.85. The van der Waals surface area contributed by atoms with Crippen molar-refractivity contribution in [1.82, 2.24) is 14.9 Å². The zero-order valence-corrected chi connectivity index (χ0v) is 17.9. The Balaban J connectivity index is 0.00000280. The largest absolute Gasteiger partial charge is 0.341 e. The van der Waals surface area contributed by atoms with Gasteiger partial charge in [0.15, 0.2) is 0 Å². The van der Waals surface area contributed by atoms with Crippen LogP contribution in [-0.2, 0) is 14.8 Å². The molecule has 6 nitrogen and oxygen atoms in total. The molecule has 28 heavy (non-hydrogen) atoms. The number of rotatable bonds is 5. The van der Waals surface area contributed by atoms with Gasteiger partial charge >= 0.3 is 0 Å². The van der Waals surface area contributed by atoms with Crippen molar-refractivity contribution in [1.29, 1.82) is 0 Å². The van der Waals surface area contributed by atoms with Gasteiger partial charge in [0.05, 0.1) is 0 Å². The van der Waals surface area contributed by atoms with Crippen LogP contribution in [0.25, 0.3) is 0 Å². The van der Waals surface area contributed by atoms with Gasteiger partial charge < -0.3 is 10.2 Å². The van der Waals surface area contributed by atoms with Gasteiger partial charge in [0, 0.05) is 19.6 Å². The van der Waals surface area contributed by atoms with Crippen molar-refractivity contribution in [3.8, 4) is 0 Å². The maximum atomic E-state index is 13.9. The molecule has 3 rings (SSSR count). The van der Waals surface area contributed by atoms with Crippen LogP contribution >= 0.6 is 12.4 Å². The lowest BCUT2D eigenvalue weighted by molar-refractivity contribution is -0.136. The van der Waals surface area contributed by atoms with Crippen molar-refractivity contribution in [2.24, 2.45) is 11.3 Å². The van der Waals surface area contributed by atoms with E-state index in [1.807, 2.05) is 0 Å². The summed E-state index contributed by atoms with van der Waals surface area (Å²) >= 11 is 0. The number of likely N-dealkylation sites (tertiary alicyclic amines) is 1. The molecule has 1 spiro atoms. The Labute approximate surface area is 172 Å². The molecule has 0 aliphatic carbocycles. The molecule has 2 N–H and O–H groups in total. The molecule has 1 unspecified atom stereocenters. The first kappa shape index (κ1) is 23.1. The lowest BCUT2D eigenvalue weighted by Gasteiger charge is -2.40. The molecule has 0 radical (unpaired) electrons. The summed E-state index contributed by atoms with van der Waals surface area (Å²) in [7, 11) is -4.12. The summed E-state index contributed by atoms with van der Waals surface area (Å²) in [5.74, 6) is -1.30. The minimum Gasteiger partial charge on any atom is -0.341 e. The van der Waals surface area contributed by atoms with Crippen LogP contribution in [0.2, 0.25) is 0 Å². The van der Waals surface area contributed by atoms with Crippen molar-refractivity contribution in [2.45, 2.75) is 44.0 Å². The van der Waals surface area contributed by atoms with Crippen LogP contribution in [0.3, 0.4) is 0 Å². The quantitative estimate of drug-likeness (QED) is 0.745. The number of carbonyl (C=O) groups is 1. The zero-order valence-electron chi connectivity index (χ0n) is 16.3. The molecule has 2 saturated heterocycles. The lowest BCUT2D eigenvalue weighted by Crippen LogP contribution is -2.54. The molecule has 2 aliphatic rings. The molecule has 0 bridgehead atoms. The van der Waals surface area contributed by atoms with E-state index in [-0.39, 0.29) is 29.6 Å². The highest BCUT2D eigenvalue weighted by molar-refractivity contribution is 7.89. The SMILES string of the molecule is CC(C)C(NS(=O)(=O)c1ccccc1F)C(=O)N1CCC2(CCNC2)CC1.Cl. The Morgan fingerprint density at radius 3 is 2.39 bits per heavy atom. The second-order valence-corrected chi connectivity index (χ2v) is 9.71. The van der Waals surface area contributed by atoms with Crippen LogP contribution in [0.15, 0.2) is 29.2 Å². The number of halogens is 2. The van der Waals surface area contributed by atoms with Crippen molar-refractivity contribution in [3.63, 3.8) is 0 Å². The Morgan fingerprint density at radius 2 is 1.86 bits per heavy atom. The average Bonchev–Trinajstić information content (AvgIpc) is 3.08. The van der Waals surface area contributed by atoms with Crippen LogP contribution in [0.1, 0.15) is 33.1 Å². The Morgan fingerprint density at radius 1 is 1.21 bits per heavy atom. The molecule has 158 valence electrons. The van der Waals surface area contributed by atoms with Gasteiger partial charge in [0.25, 0.3) is 0 Å². The van der Waals surface area contributed by atoms with Gasteiger partial charge in [-0.25, -0.2) is 12.8 Å². The standard InChI is InChI=1S/C19H28FN3O3S.ClH/c1-14(2)17(22-27(25,26)16-6-4-3-5-15(16)20)18(24)23-11-8-19(9-12-23)7-10-21-13-19;/h3-6,14,17,21-22H,7-13H2,1-2H3;1H. The summed E-state index contributed by atoms with van der Waals surface area (Å²) in [5, 5.41) is 3.39. The van der Waals surface area contributed by atoms with Crippen LogP contribution < -0.4 is 10.0 Å². The molecule has 2 fully saturated rings. The van der Waals surface area contributed by atoms with Gasteiger partial charge in [-0.15, -0.1) is 12.4 Å². The topological polar surface area (TPSA) is 78.5 Å². The van der Waals surface area contributed by atoms with E-state index in [1.165, 1.54) is 18.2 Å². The van der Waals surface area contributed by atoms with E-state index in [0.717, 1.165) is 38.4 Å². The molecule has 1 atom stereocenters. The number of hydrogen-bond donors (Lipinski definition) is 2. The molecule has 0 saturated carbocycles. The van der Waals surface area contributed by atoms with E-state index in [0.29, 0.717) is 13.1 Å². The number of nitrogens with zero attached hydrogens (tertiary/aromatic N) is 1. The number of benzene rings is 1. The predicted molar refractivity (Wildman–Crippen MR) is 108 cm³/mol. The maximum Gasteiger partial charge on any atom is 0.244 e. The second kappa shape index (κ2) is 9.07. The highest BCUT2D eigenvalue weighted by atomic mass is 35.5. The summed E-state index contributed by atoms with van der Waals surface area (Å²) in [5.41, 5.74) is 0.275. The summed E-state index contributed by atoms with van der Waals surface area (Å²) in [6, 6.07) is 4.28. The molecule has 2 aliphatic heterocycles. The first-order chi connectivity index (χ1) is 12.7. The monoisotopic (exact) mass is 433 g/mol. The predicted octanol–water partition coefficient (Wildman–Crippen LogP) is 2.15. The van der Waals surface area contributed by atoms with Gasteiger partial charge in [0.2, 0.25) is 15.9 Å². The summed E-state index contributed by atoms with van der Waals surface area (Å²) in [4.78, 5) is 14.3. The minimum atomic E-state index is -4.12. The van der Waals surface area contributed by atoms with Crippen molar-refractivity contribution < 1.29 is 17.6 Å². The van der Waals surface area contributed by atoms with Crippen LogP contribution in [0, 0.1) is 17.2 Å². The third-order valence-electron chi connectivity index (χ3n) is 5.81. The van der Waals surface area contributed by atoms with Crippen molar-refractivity contribution in [2.75, 3.05) is 26.2 Å². The Hall–Kier alpha value is -1.22. The molecule has 2 heterocycles. The van der Waals surface area contributed by atoms with Crippen molar-refractivity contribution >= 4 is 28.3 Å². The number of hydrogen-bond acceptors (Lipinski definition) is 4. The highest BCUT2D eigenvalue weighted by Gasteiger charge is 2.40. The van der Waals surface area contributed by atoms with E-state index >= 15 is 0 Å². The molecule has 1 aromatic carbocycles. The third-order valence-corrected chi connectivity index (χ3v) is 7.28. The number of amides is 1. The maximum absolute atomic E-state index is 13.9. The highest BCUT2D eigenvalue weighted by Crippen LogP contribution is 2.37. The summed E-state index contributed by atoms with van der Waals surface area (Å²) in [6.07, 6.45) is 2.98. The van der Waals surface area contributed by atoms with Gasteiger partial charge in [-0.2, -0.15) is 4.72 Å². The van der Waals surface area contributed by atoms with E-state index in [9.17, 15) is 17.6 Å². The smallest absolute Gasteiger partial charge is 0.244 e. The van der Waals surface area contributed by atoms with Gasteiger partial charge in [-0.05, 0) is 49.3 Å². The van der Waals surface area contributed by atoms with E-state index in [4.69, 9.17) is 0 Å². The molecular weight excluding hydrogens is 405 g/mol. The second-order valence-electron chi connectivity index (χ2n) is 8.03. The normalized spacial score (nSPS) is 20.2. The van der Waals surface area contributed by atoms with Crippen molar-refractivity contribution in [3.05, 3.63) is 30.1 Å². The average molecular weight is 434 g/mol. The first-order valence-electron chi connectivity index (χ1n) is 9.50. The van der Waals surface area contributed by atoms with Gasteiger partial charge in [-0.1, -0.05) is 26.0 Å². The van der Waals surface area contributed by atoms with E-state index in [2.05, 4.69) is 10.0 Å². The lowest BCUT2D eigenvalue weighted by atomic mass is 9.77. The fourth-order valence-electron chi connectivity index (χ4n) is 3.99. The van der Waals surface area contributed by atoms with Gasteiger partial charge in [-0.3, -0.25) is 4.79 Å². The fraction of sp³-hybridized carbons (Fsp3) is 0.632. The van der Waals surface area contributed by atoms with E-state index < -0.39 is 26.8 Å². The van der Waals surface area contributed by atoms with Crippen LogP contribution in [-0.4, -0.2) is 51.4 Å². The Kier molecular flexibility index (Phi) is 7.47. The third kappa shape index (κ3) is 4.84. The number of carbonyl (C=O) groups excluding carboxylic acids is 1.